The van der Waals surface area contributed by atoms with Crippen molar-refractivity contribution in [2.45, 2.75) is 48.4 Å². The molecule has 0 bridgehead atoms. The van der Waals surface area contributed by atoms with Crippen LogP contribution in [0.1, 0.15) is 26.2 Å². The number of amides is 1. The number of rotatable bonds is 7. The maximum Gasteiger partial charge on any atom is 0.227 e. The molecule has 1 saturated carbocycles. The molecule has 1 saturated heterocycles. The lowest BCUT2D eigenvalue weighted by molar-refractivity contribution is -0.117. The fourth-order valence-corrected chi connectivity index (χ4v) is 4.53. The summed E-state index contributed by atoms with van der Waals surface area (Å²) in [7, 11) is 0. The standard InChI is InChI=1S/C22H28N8OS/c1-14-13-30(11-10-23-14)20-12-19(26-18-8-9-24-29-18)27-22(28-20)32-17-6-4-16(5-7-17)25-21(31)15-2-3-15/h4-7,9,12,14-15,18,23,29H,2-3,8,10-11,13H2,1H3,(H,25,31)(H,26,27,28). The molecule has 0 spiro atoms. The third-order valence-corrected chi connectivity index (χ3v) is 6.52. The van der Waals surface area contributed by atoms with Gasteiger partial charge in [0.05, 0.1) is 0 Å². The molecule has 5 rings (SSSR count). The predicted octanol–water partition coefficient (Wildman–Crippen LogP) is 2.49. The highest BCUT2D eigenvalue weighted by Crippen LogP contribution is 2.32. The van der Waals surface area contributed by atoms with Gasteiger partial charge in [-0.25, -0.2) is 9.97 Å². The number of piperazine rings is 1. The molecule has 9 nitrogen and oxygen atoms in total. The van der Waals surface area contributed by atoms with Gasteiger partial charge in [-0.3, -0.25) is 10.2 Å². The van der Waals surface area contributed by atoms with Crippen molar-refractivity contribution in [2.75, 3.05) is 35.2 Å². The molecular weight excluding hydrogens is 424 g/mol. The Hall–Kier alpha value is -2.85. The smallest absolute Gasteiger partial charge is 0.227 e. The molecule has 3 aliphatic rings. The second kappa shape index (κ2) is 9.33. The van der Waals surface area contributed by atoms with Crippen molar-refractivity contribution in [3.63, 3.8) is 0 Å². The lowest BCUT2D eigenvalue weighted by Crippen LogP contribution is -2.49. The lowest BCUT2D eigenvalue weighted by Gasteiger charge is -2.33. The van der Waals surface area contributed by atoms with Gasteiger partial charge in [0.1, 0.15) is 17.8 Å². The molecule has 10 heteroatoms. The summed E-state index contributed by atoms with van der Waals surface area (Å²) in [4.78, 5) is 24.9. The van der Waals surface area contributed by atoms with E-state index in [-0.39, 0.29) is 18.0 Å². The first kappa shape index (κ1) is 21.0. The van der Waals surface area contributed by atoms with Crippen LogP contribution in [0, 0.1) is 5.92 Å². The molecule has 1 amide bonds. The highest BCUT2D eigenvalue weighted by molar-refractivity contribution is 7.99. The van der Waals surface area contributed by atoms with E-state index in [1.807, 2.05) is 36.5 Å². The number of carbonyl (C=O) groups is 1. The molecule has 1 aromatic heterocycles. The Kier molecular flexibility index (Phi) is 6.13. The van der Waals surface area contributed by atoms with Crippen LogP contribution in [0.3, 0.4) is 0 Å². The largest absolute Gasteiger partial charge is 0.354 e. The third-order valence-electron chi connectivity index (χ3n) is 5.65. The molecule has 4 N–H and O–H groups in total. The zero-order chi connectivity index (χ0) is 21.9. The van der Waals surface area contributed by atoms with Gasteiger partial charge in [-0.2, -0.15) is 5.10 Å². The molecule has 2 aliphatic heterocycles. The maximum atomic E-state index is 12.0. The molecule has 2 fully saturated rings. The fourth-order valence-electron chi connectivity index (χ4n) is 3.76. The minimum atomic E-state index is 0.0342. The van der Waals surface area contributed by atoms with Crippen molar-refractivity contribution >= 4 is 41.2 Å². The van der Waals surface area contributed by atoms with Crippen molar-refractivity contribution in [2.24, 2.45) is 11.0 Å². The highest BCUT2D eigenvalue weighted by atomic mass is 32.2. The van der Waals surface area contributed by atoms with Crippen molar-refractivity contribution in [1.82, 2.24) is 20.7 Å². The minimum Gasteiger partial charge on any atom is -0.354 e. The SMILES string of the molecule is CC1CN(c2cc(NC3CC=NN3)nc(Sc3ccc(NC(=O)C4CC4)cc3)n2)CCN1. The van der Waals surface area contributed by atoms with Crippen LogP contribution in [-0.2, 0) is 4.79 Å². The van der Waals surface area contributed by atoms with Gasteiger partial charge in [0.2, 0.25) is 5.91 Å². The number of anilines is 3. The molecule has 1 aromatic carbocycles. The average Bonchev–Trinajstić information content (AvgIpc) is 3.53. The number of hydrogen-bond donors (Lipinski definition) is 4. The van der Waals surface area contributed by atoms with Crippen LogP contribution in [0.15, 0.2) is 45.5 Å². The van der Waals surface area contributed by atoms with E-state index in [1.165, 1.54) is 11.8 Å². The van der Waals surface area contributed by atoms with Crippen LogP contribution >= 0.6 is 11.8 Å². The van der Waals surface area contributed by atoms with E-state index in [0.29, 0.717) is 11.2 Å². The Morgan fingerprint density at radius 3 is 2.78 bits per heavy atom. The maximum absolute atomic E-state index is 12.0. The van der Waals surface area contributed by atoms with E-state index < -0.39 is 0 Å². The molecule has 3 heterocycles. The Morgan fingerprint density at radius 2 is 2.06 bits per heavy atom. The number of carbonyl (C=O) groups excluding carboxylic acids is 1. The first-order chi connectivity index (χ1) is 15.6. The van der Waals surface area contributed by atoms with Crippen molar-refractivity contribution in [1.29, 1.82) is 0 Å². The summed E-state index contributed by atoms with van der Waals surface area (Å²) in [5, 5.41) is 14.6. The van der Waals surface area contributed by atoms with Gasteiger partial charge in [-0.1, -0.05) is 0 Å². The number of hydrogen-bond acceptors (Lipinski definition) is 9. The van der Waals surface area contributed by atoms with Gasteiger partial charge >= 0.3 is 0 Å². The predicted molar refractivity (Wildman–Crippen MR) is 127 cm³/mol. The molecule has 2 unspecified atom stereocenters. The first-order valence-corrected chi connectivity index (χ1v) is 11.9. The summed E-state index contributed by atoms with van der Waals surface area (Å²) in [6.45, 7) is 4.93. The normalized spacial score (nSPS) is 22.5. The lowest BCUT2D eigenvalue weighted by atomic mass is 10.2. The van der Waals surface area contributed by atoms with Crippen LogP contribution in [0.4, 0.5) is 17.3 Å². The topological polar surface area (TPSA) is 107 Å². The number of hydrazone groups is 1. The van der Waals surface area contributed by atoms with E-state index in [2.05, 4.69) is 38.3 Å². The second-order valence-corrected chi connectivity index (χ2v) is 9.50. The Morgan fingerprint density at radius 1 is 1.22 bits per heavy atom. The van der Waals surface area contributed by atoms with E-state index in [0.717, 1.165) is 61.1 Å². The van der Waals surface area contributed by atoms with Crippen molar-refractivity contribution < 1.29 is 4.79 Å². The van der Waals surface area contributed by atoms with E-state index in [1.54, 1.807) is 0 Å². The third kappa shape index (κ3) is 5.31. The number of benzene rings is 1. The quantitative estimate of drug-likeness (QED) is 0.475. The Labute approximate surface area is 191 Å². The zero-order valence-electron chi connectivity index (χ0n) is 18.0. The highest BCUT2D eigenvalue weighted by Gasteiger charge is 2.29. The van der Waals surface area contributed by atoms with Crippen molar-refractivity contribution in [3.05, 3.63) is 30.3 Å². The summed E-state index contributed by atoms with van der Waals surface area (Å²) in [5.74, 6) is 2.01. The van der Waals surface area contributed by atoms with Gasteiger partial charge in [0, 0.05) is 60.9 Å². The number of aromatic nitrogens is 2. The van der Waals surface area contributed by atoms with Crippen LogP contribution in [-0.4, -0.2) is 53.9 Å². The average molecular weight is 453 g/mol. The molecule has 168 valence electrons. The first-order valence-electron chi connectivity index (χ1n) is 11.1. The number of nitrogens with one attached hydrogen (secondary N) is 4. The zero-order valence-corrected chi connectivity index (χ0v) is 18.9. The monoisotopic (exact) mass is 452 g/mol. The van der Waals surface area contributed by atoms with Gasteiger partial charge < -0.3 is 20.9 Å². The van der Waals surface area contributed by atoms with E-state index >= 15 is 0 Å². The molecular formula is C22H28N8OS. The van der Waals surface area contributed by atoms with Crippen LogP contribution < -0.4 is 26.3 Å². The molecule has 2 aromatic rings. The van der Waals surface area contributed by atoms with E-state index in [9.17, 15) is 4.79 Å². The fraction of sp³-hybridized carbons (Fsp3) is 0.455. The summed E-state index contributed by atoms with van der Waals surface area (Å²) < 4.78 is 0. The van der Waals surface area contributed by atoms with Gasteiger partial charge in [0.15, 0.2) is 5.16 Å². The molecule has 0 radical (unpaired) electrons. The van der Waals surface area contributed by atoms with Gasteiger partial charge in [0.25, 0.3) is 0 Å². The van der Waals surface area contributed by atoms with Gasteiger partial charge in [-0.15, -0.1) is 0 Å². The summed E-state index contributed by atoms with van der Waals surface area (Å²) in [5.41, 5.74) is 3.87. The van der Waals surface area contributed by atoms with Crippen molar-refractivity contribution in [3.8, 4) is 0 Å². The van der Waals surface area contributed by atoms with E-state index in [4.69, 9.17) is 9.97 Å². The van der Waals surface area contributed by atoms with Gasteiger partial charge in [-0.05, 0) is 55.8 Å². The van der Waals surface area contributed by atoms with Crippen LogP contribution in [0.5, 0.6) is 0 Å². The Balaban J connectivity index is 1.33. The molecule has 1 aliphatic carbocycles. The Bertz CT molecular complexity index is 986. The molecule has 32 heavy (non-hydrogen) atoms. The number of nitrogens with zero attached hydrogens (tertiary/aromatic N) is 4. The summed E-state index contributed by atoms with van der Waals surface area (Å²) in [6.07, 6.45) is 4.69. The van der Waals surface area contributed by atoms with Crippen LogP contribution in [0.25, 0.3) is 0 Å². The minimum absolute atomic E-state index is 0.0342. The van der Waals surface area contributed by atoms with Crippen LogP contribution in [0.2, 0.25) is 0 Å². The summed E-state index contributed by atoms with van der Waals surface area (Å²) >= 11 is 1.52. The summed E-state index contributed by atoms with van der Waals surface area (Å²) in [6, 6.07) is 10.3. The second-order valence-electron chi connectivity index (χ2n) is 8.46. The molecule has 2 atom stereocenters.